The predicted molar refractivity (Wildman–Crippen MR) is 93.8 cm³/mol. The molecule has 0 saturated carbocycles. The highest BCUT2D eigenvalue weighted by Crippen LogP contribution is 2.18. The Morgan fingerprint density at radius 2 is 1.67 bits per heavy atom. The molecule has 5 heteroatoms. The molecule has 2 aromatic rings. The van der Waals surface area contributed by atoms with Gasteiger partial charge in [-0.25, -0.2) is 9.18 Å². The number of carbonyl (C=O) groups excluding carboxylic acids is 1. The Morgan fingerprint density at radius 1 is 1.04 bits per heavy atom. The molecule has 0 radical (unpaired) electrons. The highest BCUT2D eigenvalue weighted by molar-refractivity contribution is 5.89. The zero-order valence-corrected chi connectivity index (χ0v) is 14.2. The van der Waals surface area contributed by atoms with Gasteiger partial charge in [-0.1, -0.05) is 42.5 Å². The summed E-state index contributed by atoms with van der Waals surface area (Å²) < 4.78 is 19.0. The summed E-state index contributed by atoms with van der Waals surface area (Å²) in [4.78, 5) is 14.4. The Labute approximate surface area is 147 Å². The first-order valence-electron chi connectivity index (χ1n) is 7.94. The molecule has 0 unspecified atom stereocenters. The number of hydrogen-bond donors (Lipinski definition) is 0. The van der Waals surface area contributed by atoms with Crippen LogP contribution in [0.2, 0.25) is 0 Å². The third-order valence-corrected chi connectivity index (χ3v) is 4.15. The highest BCUT2D eigenvalue weighted by Gasteiger charge is 2.23. The summed E-state index contributed by atoms with van der Waals surface area (Å²) in [6.45, 7) is 2.67. The summed E-state index contributed by atoms with van der Waals surface area (Å²) in [6, 6.07) is 16.3. The topological polar surface area (TPSA) is 29.5 Å². The van der Waals surface area contributed by atoms with E-state index >= 15 is 0 Å². The lowest BCUT2D eigenvalue weighted by atomic mass is 10.1. The second-order valence-electron chi connectivity index (χ2n) is 5.85. The van der Waals surface area contributed by atoms with Crippen LogP contribution in [-0.4, -0.2) is 30.1 Å². The molecular weight excluding hydrogens is 329 g/mol. The molecule has 3 rings (SSSR count). The molecule has 1 aliphatic rings. The molecule has 0 N–H and O–H groups in total. The van der Waals surface area contributed by atoms with Crippen LogP contribution in [-0.2, 0) is 11.3 Å². The van der Waals surface area contributed by atoms with E-state index in [-0.39, 0.29) is 24.1 Å². The number of rotatable bonds is 4. The molecule has 0 aliphatic carbocycles. The SMILES string of the molecule is Cl.O=C(OC1CCN(Cc2ccccc2)CC1)c1ccccc1F. The van der Waals surface area contributed by atoms with E-state index in [2.05, 4.69) is 17.0 Å². The van der Waals surface area contributed by atoms with Gasteiger partial charge in [0.25, 0.3) is 0 Å². The molecule has 0 atom stereocenters. The predicted octanol–water partition coefficient (Wildman–Crippen LogP) is 4.07. The summed E-state index contributed by atoms with van der Waals surface area (Å²) in [6.07, 6.45) is 1.44. The number of carbonyl (C=O) groups is 1. The number of halogens is 2. The molecular formula is C19H21ClFNO2. The van der Waals surface area contributed by atoms with Crippen molar-refractivity contribution in [3.63, 3.8) is 0 Å². The number of piperidine rings is 1. The smallest absolute Gasteiger partial charge is 0.341 e. The molecule has 3 nitrogen and oxygen atoms in total. The molecule has 0 aromatic heterocycles. The molecule has 0 bridgehead atoms. The normalized spacial score (nSPS) is 15.5. The second-order valence-corrected chi connectivity index (χ2v) is 5.85. The fourth-order valence-corrected chi connectivity index (χ4v) is 2.87. The third kappa shape index (κ3) is 4.79. The lowest BCUT2D eigenvalue weighted by Gasteiger charge is -2.31. The van der Waals surface area contributed by atoms with Crippen molar-refractivity contribution in [2.24, 2.45) is 0 Å². The van der Waals surface area contributed by atoms with Crippen LogP contribution in [0.25, 0.3) is 0 Å². The molecule has 0 spiro atoms. The van der Waals surface area contributed by atoms with Gasteiger partial charge in [0.05, 0.1) is 5.56 Å². The monoisotopic (exact) mass is 349 g/mol. The number of esters is 1. The quantitative estimate of drug-likeness (QED) is 0.779. The van der Waals surface area contributed by atoms with Gasteiger partial charge in [-0.05, 0) is 30.5 Å². The van der Waals surface area contributed by atoms with Crippen molar-refractivity contribution in [2.45, 2.75) is 25.5 Å². The van der Waals surface area contributed by atoms with E-state index in [1.165, 1.54) is 17.7 Å². The summed E-state index contributed by atoms with van der Waals surface area (Å²) in [5, 5.41) is 0. The van der Waals surface area contributed by atoms with Gasteiger partial charge in [0.15, 0.2) is 0 Å². The van der Waals surface area contributed by atoms with Crippen molar-refractivity contribution in [3.8, 4) is 0 Å². The molecule has 128 valence electrons. The van der Waals surface area contributed by atoms with E-state index < -0.39 is 11.8 Å². The van der Waals surface area contributed by atoms with Crippen molar-refractivity contribution in [2.75, 3.05) is 13.1 Å². The molecule has 2 aromatic carbocycles. The van der Waals surface area contributed by atoms with Gasteiger partial charge in [0.2, 0.25) is 0 Å². The van der Waals surface area contributed by atoms with Crippen LogP contribution in [0.1, 0.15) is 28.8 Å². The van der Waals surface area contributed by atoms with E-state index in [1.807, 2.05) is 18.2 Å². The van der Waals surface area contributed by atoms with E-state index in [4.69, 9.17) is 4.74 Å². The van der Waals surface area contributed by atoms with Crippen molar-refractivity contribution < 1.29 is 13.9 Å². The highest BCUT2D eigenvalue weighted by atomic mass is 35.5. The lowest BCUT2D eigenvalue weighted by Crippen LogP contribution is -2.37. The minimum atomic E-state index is -0.565. The zero-order valence-electron chi connectivity index (χ0n) is 13.4. The van der Waals surface area contributed by atoms with Crippen LogP contribution in [0, 0.1) is 5.82 Å². The second kappa shape index (κ2) is 8.81. The summed E-state index contributed by atoms with van der Waals surface area (Å²) in [5.41, 5.74) is 1.30. The molecule has 0 amide bonds. The van der Waals surface area contributed by atoms with Crippen molar-refractivity contribution in [1.29, 1.82) is 0 Å². The van der Waals surface area contributed by atoms with Crippen LogP contribution >= 0.6 is 12.4 Å². The van der Waals surface area contributed by atoms with E-state index in [9.17, 15) is 9.18 Å². The van der Waals surface area contributed by atoms with Gasteiger partial charge >= 0.3 is 5.97 Å². The maximum atomic E-state index is 13.6. The van der Waals surface area contributed by atoms with E-state index in [1.54, 1.807) is 12.1 Å². The number of likely N-dealkylation sites (tertiary alicyclic amines) is 1. The first-order chi connectivity index (χ1) is 11.2. The van der Waals surface area contributed by atoms with Crippen LogP contribution < -0.4 is 0 Å². The van der Waals surface area contributed by atoms with Gasteiger partial charge in [0, 0.05) is 19.6 Å². The molecule has 1 fully saturated rings. The Kier molecular flexibility index (Phi) is 6.76. The van der Waals surface area contributed by atoms with Crippen LogP contribution in [0.5, 0.6) is 0 Å². The minimum absolute atomic E-state index is 0. The van der Waals surface area contributed by atoms with Crippen LogP contribution in [0.3, 0.4) is 0 Å². The van der Waals surface area contributed by atoms with Gasteiger partial charge in [-0.3, -0.25) is 4.90 Å². The van der Waals surface area contributed by atoms with Gasteiger partial charge in [-0.15, -0.1) is 12.4 Å². The summed E-state index contributed by atoms with van der Waals surface area (Å²) >= 11 is 0. The molecule has 1 heterocycles. The Morgan fingerprint density at radius 3 is 2.33 bits per heavy atom. The maximum Gasteiger partial charge on any atom is 0.341 e. The third-order valence-electron chi connectivity index (χ3n) is 4.15. The summed E-state index contributed by atoms with van der Waals surface area (Å²) in [5.74, 6) is -1.09. The van der Waals surface area contributed by atoms with Gasteiger partial charge in [0.1, 0.15) is 11.9 Å². The zero-order chi connectivity index (χ0) is 16.1. The number of hydrogen-bond acceptors (Lipinski definition) is 3. The average molecular weight is 350 g/mol. The Balaban J connectivity index is 0.00000208. The fourth-order valence-electron chi connectivity index (χ4n) is 2.87. The van der Waals surface area contributed by atoms with E-state index in [0.29, 0.717) is 0 Å². The first-order valence-corrected chi connectivity index (χ1v) is 7.94. The average Bonchev–Trinajstić information content (AvgIpc) is 2.58. The Hall–Kier alpha value is -1.91. The van der Waals surface area contributed by atoms with E-state index in [0.717, 1.165) is 32.5 Å². The van der Waals surface area contributed by atoms with Crippen molar-refractivity contribution in [3.05, 3.63) is 71.5 Å². The number of nitrogens with zero attached hydrogens (tertiary/aromatic N) is 1. The molecule has 24 heavy (non-hydrogen) atoms. The van der Waals surface area contributed by atoms with Crippen molar-refractivity contribution in [1.82, 2.24) is 4.90 Å². The van der Waals surface area contributed by atoms with Crippen LogP contribution in [0.4, 0.5) is 4.39 Å². The van der Waals surface area contributed by atoms with Gasteiger partial charge < -0.3 is 4.74 Å². The summed E-state index contributed by atoms with van der Waals surface area (Å²) in [7, 11) is 0. The van der Waals surface area contributed by atoms with Crippen molar-refractivity contribution >= 4 is 18.4 Å². The maximum absolute atomic E-state index is 13.6. The largest absolute Gasteiger partial charge is 0.459 e. The van der Waals surface area contributed by atoms with Gasteiger partial charge in [-0.2, -0.15) is 0 Å². The minimum Gasteiger partial charge on any atom is -0.459 e. The van der Waals surface area contributed by atoms with Crippen LogP contribution in [0.15, 0.2) is 54.6 Å². The molecule has 1 saturated heterocycles. The number of benzene rings is 2. The molecule has 1 aliphatic heterocycles. The first kappa shape index (κ1) is 18.4. The lowest BCUT2D eigenvalue weighted by molar-refractivity contribution is 0.00997. The standard InChI is InChI=1S/C19H20FNO2.ClH/c20-18-9-5-4-8-17(18)19(22)23-16-10-12-21(13-11-16)14-15-6-2-1-3-7-15;/h1-9,16H,10-14H2;1H. The fraction of sp³-hybridized carbons (Fsp3) is 0.316. The number of ether oxygens (including phenoxy) is 1. The Bertz CT molecular complexity index is 657.